The van der Waals surface area contributed by atoms with Crippen LogP contribution in [0.15, 0.2) is 57.9 Å². The lowest BCUT2D eigenvalue weighted by molar-refractivity contribution is 0.703. The fraction of sp³-hybridized carbons (Fsp3) is 0.125. The van der Waals surface area contributed by atoms with Gasteiger partial charge in [0.1, 0.15) is 4.47 Å². The maximum Gasteiger partial charge on any atom is 0.282 e. The molecule has 5 heteroatoms. The van der Waals surface area contributed by atoms with Crippen LogP contribution >= 0.6 is 15.9 Å². The molecule has 0 unspecified atom stereocenters. The Bertz CT molecular complexity index is 858. The molecule has 4 nitrogen and oxygen atoms in total. The molecule has 0 atom stereocenters. The van der Waals surface area contributed by atoms with Gasteiger partial charge in [0.25, 0.3) is 5.56 Å². The highest BCUT2D eigenvalue weighted by atomic mass is 79.9. The lowest BCUT2D eigenvalue weighted by Gasteiger charge is -2.09. The summed E-state index contributed by atoms with van der Waals surface area (Å²) in [6, 6.07) is 14.6. The molecule has 0 amide bonds. The Labute approximate surface area is 130 Å². The lowest BCUT2D eigenvalue weighted by atomic mass is 10.1. The van der Waals surface area contributed by atoms with E-state index in [1.807, 2.05) is 12.1 Å². The number of hydrogen-bond donors (Lipinski definition) is 1. The van der Waals surface area contributed by atoms with Gasteiger partial charge in [0.05, 0.1) is 11.9 Å². The zero-order valence-corrected chi connectivity index (χ0v) is 13.1. The van der Waals surface area contributed by atoms with E-state index in [4.69, 9.17) is 0 Å². The largest absolute Gasteiger partial charge is 0.379 e. The number of halogens is 1. The van der Waals surface area contributed by atoms with Crippen LogP contribution in [0, 0.1) is 0 Å². The highest BCUT2D eigenvalue weighted by Crippen LogP contribution is 2.19. The second-order valence-electron chi connectivity index (χ2n) is 4.84. The minimum absolute atomic E-state index is 0.154. The van der Waals surface area contributed by atoms with Crippen molar-refractivity contribution in [1.29, 1.82) is 0 Å². The molecule has 0 saturated carbocycles. The Morgan fingerprint density at radius 1 is 1.19 bits per heavy atom. The topological polar surface area (TPSA) is 46.9 Å². The zero-order valence-electron chi connectivity index (χ0n) is 11.5. The van der Waals surface area contributed by atoms with Crippen molar-refractivity contribution in [2.75, 3.05) is 5.32 Å². The van der Waals surface area contributed by atoms with Gasteiger partial charge >= 0.3 is 0 Å². The summed E-state index contributed by atoms with van der Waals surface area (Å²) in [5, 5.41) is 9.68. The molecule has 2 aromatic carbocycles. The summed E-state index contributed by atoms with van der Waals surface area (Å²) in [4.78, 5) is 11.8. The van der Waals surface area contributed by atoms with Gasteiger partial charge < -0.3 is 5.32 Å². The molecule has 0 aliphatic heterocycles. The quantitative estimate of drug-likeness (QED) is 0.793. The number of anilines is 1. The van der Waals surface area contributed by atoms with Crippen molar-refractivity contribution in [1.82, 2.24) is 9.78 Å². The molecular weight excluding hydrogens is 330 g/mol. The summed E-state index contributed by atoms with van der Waals surface area (Å²) in [6.45, 7) is 0.637. The average molecular weight is 344 g/mol. The summed E-state index contributed by atoms with van der Waals surface area (Å²) < 4.78 is 1.80. The summed E-state index contributed by atoms with van der Waals surface area (Å²) in [6.07, 6.45) is 1.65. The molecule has 0 spiro atoms. The third-order valence-corrected chi connectivity index (χ3v) is 4.14. The van der Waals surface area contributed by atoms with Gasteiger partial charge in [-0.3, -0.25) is 4.79 Å². The summed E-state index contributed by atoms with van der Waals surface area (Å²) in [5.41, 5.74) is 1.70. The van der Waals surface area contributed by atoms with Crippen LogP contribution in [0.1, 0.15) is 5.56 Å². The number of fused-ring (bicyclic) bond motifs is 1. The van der Waals surface area contributed by atoms with Gasteiger partial charge in [-0.1, -0.05) is 36.4 Å². The first kappa shape index (κ1) is 13.8. The van der Waals surface area contributed by atoms with E-state index in [0.29, 0.717) is 16.7 Å². The maximum absolute atomic E-state index is 11.8. The molecule has 0 radical (unpaired) electrons. The van der Waals surface area contributed by atoms with E-state index in [1.165, 1.54) is 15.5 Å². The van der Waals surface area contributed by atoms with E-state index < -0.39 is 0 Å². The van der Waals surface area contributed by atoms with Gasteiger partial charge in [-0.05, 0) is 38.3 Å². The molecule has 21 heavy (non-hydrogen) atoms. The van der Waals surface area contributed by atoms with Gasteiger partial charge in [0.2, 0.25) is 0 Å². The fourth-order valence-electron chi connectivity index (χ4n) is 2.18. The molecular formula is C16H14BrN3O. The predicted octanol–water partition coefficient (Wildman–Crippen LogP) is 3.31. The van der Waals surface area contributed by atoms with E-state index >= 15 is 0 Å². The van der Waals surface area contributed by atoms with Crippen LogP contribution in [0.4, 0.5) is 5.69 Å². The first-order valence-corrected chi connectivity index (χ1v) is 7.38. The van der Waals surface area contributed by atoms with Crippen LogP contribution in [0.5, 0.6) is 0 Å². The normalized spacial score (nSPS) is 10.8. The lowest BCUT2D eigenvalue weighted by Crippen LogP contribution is -2.21. The first-order chi connectivity index (χ1) is 10.1. The Balaban J connectivity index is 1.83. The number of aryl methyl sites for hydroxylation is 1. The van der Waals surface area contributed by atoms with Crippen molar-refractivity contribution in [3.8, 4) is 0 Å². The van der Waals surface area contributed by atoms with Crippen LogP contribution < -0.4 is 10.9 Å². The first-order valence-electron chi connectivity index (χ1n) is 6.58. The number of aromatic nitrogens is 2. The standard InChI is InChI=1S/C16H14BrN3O/c1-20-16(21)15(17)14(10-19-20)18-9-11-6-7-12-4-2-3-5-13(12)8-11/h2-8,10,18H,9H2,1H3. The molecule has 3 aromatic rings. The summed E-state index contributed by atoms with van der Waals surface area (Å²) in [7, 11) is 1.63. The number of nitrogens with zero attached hydrogens (tertiary/aromatic N) is 2. The second-order valence-corrected chi connectivity index (χ2v) is 5.63. The van der Waals surface area contributed by atoms with Gasteiger partial charge in [-0.15, -0.1) is 0 Å². The minimum atomic E-state index is -0.154. The van der Waals surface area contributed by atoms with Crippen LogP contribution in [-0.2, 0) is 13.6 Å². The Morgan fingerprint density at radius 3 is 2.76 bits per heavy atom. The van der Waals surface area contributed by atoms with E-state index in [-0.39, 0.29) is 5.56 Å². The van der Waals surface area contributed by atoms with E-state index in [1.54, 1.807) is 13.2 Å². The van der Waals surface area contributed by atoms with Gasteiger partial charge in [0.15, 0.2) is 0 Å². The monoisotopic (exact) mass is 343 g/mol. The van der Waals surface area contributed by atoms with Gasteiger partial charge in [0, 0.05) is 13.6 Å². The van der Waals surface area contributed by atoms with E-state index in [9.17, 15) is 4.79 Å². The Kier molecular flexibility index (Phi) is 3.75. The maximum atomic E-state index is 11.8. The number of rotatable bonds is 3. The van der Waals surface area contributed by atoms with Crippen molar-refractivity contribution in [2.45, 2.75) is 6.54 Å². The van der Waals surface area contributed by atoms with Gasteiger partial charge in [-0.2, -0.15) is 5.10 Å². The molecule has 0 fully saturated rings. The zero-order chi connectivity index (χ0) is 14.8. The Hall–Kier alpha value is -2.14. The van der Waals surface area contributed by atoms with Crippen molar-refractivity contribution in [2.24, 2.45) is 7.05 Å². The Morgan fingerprint density at radius 2 is 1.95 bits per heavy atom. The molecule has 0 aliphatic rings. The number of benzene rings is 2. The number of nitrogens with one attached hydrogen (secondary N) is 1. The van der Waals surface area contributed by atoms with Crippen molar-refractivity contribution >= 4 is 32.4 Å². The van der Waals surface area contributed by atoms with Crippen LogP contribution in [0.25, 0.3) is 10.8 Å². The third-order valence-electron chi connectivity index (χ3n) is 3.38. The molecule has 1 heterocycles. The van der Waals surface area contributed by atoms with Crippen molar-refractivity contribution < 1.29 is 0 Å². The molecule has 0 aliphatic carbocycles. The SMILES string of the molecule is Cn1ncc(NCc2ccc3ccccc3c2)c(Br)c1=O. The van der Waals surface area contributed by atoms with Gasteiger partial charge in [-0.25, -0.2) is 4.68 Å². The van der Waals surface area contributed by atoms with Crippen molar-refractivity contribution in [3.05, 3.63) is 69.1 Å². The summed E-state index contributed by atoms with van der Waals surface area (Å²) in [5.74, 6) is 0. The summed E-state index contributed by atoms with van der Waals surface area (Å²) >= 11 is 3.31. The smallest absolute Gasteiger partial charge is 0.282 e. The highest BCUT2D eigenvalue weighted by Gasteiger charge is 2.06. The van der Waals surface area contributed by atoms with E-state index in [2.05, 4.69) is 56.7 Å². The molecule has 3 rings (SSSR count). The number of hydrogen-bond acceptors (Lipinski definition) is 3. The van der Waals surface area contributed by atoms with Crippen LogP contribution in [0.2, 0.25) is 0 Å². The van der Waals surface area contributed by atoms with Crippen LogP contribution in [-0.4, -0.2) is 9.78 Å². The third kappa shape index (κ3) is 2.83. The fourth-order valence-corrected chi connectivity index (χ4v) is 2.68. The molecule has 1 N–H and O–H groups in total. The highest BCUT2D eigenvalue weighted by molar-refractivity contribution is 9.10. The molecule has 1 aromatic heterocycles. The van der Waals surface area contributed by atoms with E-state index in [0.717, 1.165) is 5.56 Å². The molecule has 0 saturated heterocycles. The minimum Gasteiger partial charge on any atom is -0.379 e. The van der Waals surface area contributed by atoms with Crippen LogP contribution in [0.3, 0.4) is 0 Å². The molecule has 106 valence electrons. The average Bonchev–Trinajstić information content (AvgIpc) is 2.52. The van der Waals surface area contributed by atoms with Crippen molar-refractivity contribution in [3.63, 3.8) is 0 Å². The second kappa shape index (κ2) is 5.69. The predicted molar refractivity (Wildman–Crippen MR) is 88.5 cm³/mol. The molecule has 0 bridgehead atoms.